The van der Waals surface area contributed by atoms with Gasteiger partial charge in [-0.05, 0) is 130 Å². The summed E-state index contributed by atoms with van der Waals surface area (Å²) in [5.41, 5.74) is 0. The fourth-order valence-electron chi connectivity index (χ4n) is 3.08. The normalized spacial score (nSPS) is 12.4. The zero-order valence-corrected chi connectivity index (χ0v) is 43.5. The second-order valence-corrected chi connectivity index (χ2v) is 16.8. The fourth-order valence-corrected chi connectivity index (χ4v) is 3.16. The molecule has 0 aliphatic rings. The van der Waals surface area contributed by atoms with Gasteiger partial charge in [0.2, 0.25) is 11.1 Å². The summed E-state index contributed by atoms with van der Waals surface area (Å²) in [5, 5.41) is 10.7. The summed E-state index contributed by atoms with van der Waals surface area (Å²) < 4.78 is 31.8. The van der Waals surface area contributed by atoms with Crippen LogP contribution in [-0.4, -0.2) is 58.7 Å². The number of nitrogens with one attached hydrogen (secondary N) is 1. The number of carboxylic acid groups (broad SMARTS) is 1. The number of rotatable bonds is 23. The van der Waals surface area contributed by atoms with Crippen molar-refractivity contribution in [3.05, 3.63) is 146 Å². The Balaban J connectivity index is -0.000000101. The number of aliphatic carboxylic acids is 1. The molecule has 0 radical (unpaired) electrons. The molecule has 3 N–H and O–H groups in total. The second kappa shape index (κ2) is 65.1. The van der Waals surface area contributed by atoms with E-state index in [0.29, 0.717) is 5.92 Å². The van der Waals surface area contributed by atoms with E-state index in [1.165, 1.54) is 25.3 Å². The van der Waals surface area contributed by atoms with Crippen LogP contribution in [0.5, 0.6) is 0 Å². The molecule has 350 valence electrons. The number of unbranched alkanes of at least 4 members (excludes halogenated alkanes) is 4. The molecule has 0 bridgehead atoms. The van der Waals surface area contributed by atoms with Gasteiger partial charge in [0.1, 0.15) is 1.12 Å². The minimum atomic E-state index is -4.59. The van der Waals surface area contributed by atoms with Gasteiger partial charge in [0, 0.05) is 18.7 Å². The van der Waals surface area contributed by atoms with Gasteiger partial charge in [-0.2, -0.15) is 0 Å². The molecule has 0 aliphatic heterocycles. The first-order valence-corrected chi connectivity index (χ1v) is 22.9. The molecule has 0 fully saturated rings. The molecule has 0 saturated heterocycles. The summed E-state index contributed by atoms with van der Waals surface area (Å²) in [6.45, 7) is 12.8. The number of amides is 1. The topological polar surface area (TPSA) is 157 Å². The minimum absolute atomic E-state index is 0. The first-order chi connectivity index (χ1) is 28.3. The maximum atomic E-state index is 11.3. The average Bonchev–Trinajstić information content (AvgIpc) is 3.19. The van der Waals surface area contributed by atoms with E-state index in [0.717, 1.165) is 57.9 Å². The average molecular weight is 979 g/mol. The quantitative estimate of drug-likeness (QED) is 0.0174. The number of hydrogen-bond acceptors (Lipinski definition) is 7. The Bertz CT molecular complexity index is 1510. The largest absolute Gasteiger partial charge is 1.00 e. The van der Waals surface area contributed by atoms with Crippen molar-refractivity contribution in [3.8, 4) is 0 Å². The Labute approximate surface area is 432 Å². The van der Waals surface area contributed by atoms with Crippen LogP contribution in [0.1, 0.15) is 100 Å². The van der Waals surface area contributed by atoms with E-state index in [1.54, 1.807) is 18.2 Å². The minimum Gasteiger partial charge on any atom is -0.870 e. The third kappa shape index (κ3) is 97.0. The van der Waals surface area contributed by atoms with Crippen LogP contribution in [0.4, 0.5) is 4.39 Å². The van der Waals surface area contributed by atoms with Crippen LogP contribution < -0.4 is 56.7 Å². The summed E-state index contributed by atoms with van der Waals surface area (Å²) in [6, 6.07) is -1.51. The smallest absolute Gasteiger partial charge is 0.870 e. The van der Waals surface area contributed by atoms with E-state index in [9.17, 15) is 27.8 Å². The maximum absolute atomic E-state index is 11.3. The van der Waals surface area contributed by atoms with Crippen LogP contribution in [0.25, 0.3) is 0 Å². The monoisotopic (exact) mass is 976 g/mol. The van der Waals surface area contributed by atoms with Crippen molar-refractivity contribution >= 4 is 64.3 Å². The molecule has 0 atom stereocenters. The summed E-state index contributed by atoms with van der Waals surface area (Å²) in [7, 11) is 5.95. The number of methoxy groups -OCH3 is 1. The number of alkyl halides is 1. The van der Waals surface area contributed by atoms with Crippen molar-refractivity contribution in [2.24, 2.45) is 5.92 Å². The van der Waals surface area contributed by atoms with Crippen LogP contribution in [0, 0.1) is 5.92 Å². The second-order valence-electron chi connectivity index (χ2n) is 11.7. The number of halogens is 4. The number of hydrogen-bond donors (Lipinski definition) is 3. The Kier molecular flexibility index (Phi) is 77.6. The van der Waals surface area contributed by atoms with Crippen LogP contribution in [-0.2, 0) is 32.2 Å². The Morgan fingerprint density at radius 3 is 1.24 bits per heavy atom. The fraction of sp³-hybridized carbons (Fsp3) is 0.404. The summed E-state index contributed by atoms with van der Waals surface area (Å²) in [4.78, 5) is 42.1. The molecule has 0 aliphatic carbocycles. The van der Waals surface area contributed by atoms with Gasteiger partial charge in [0.25, 0.3) is 0 Å². The van der Waals surface area contributed by atoms with Gasteiger partial charge in [0.05, 0.1) is 15.4 Å². The number of thiol groups is 1. The molecule has 15 heteroatoms. The Morgan fingerprint density at radius 2 is 0.968 bits per heavy atom. The molecule has 0 saturated carbocycles. The van der Waals surface area contributed by atoms with Crippen LogP contribution in [0.2, 0.25) is 0 Å². The Morgan fingerprint density at radius 1 is 0.661 bits per heavy atom. The predicted octanol–water partition coefficient (Wildman–Crippen LogP) is 10.3. The van der Waals surface area contributed by atoms with Crippen molar-refractivity contribution in [1.82, 2.24) is 5.32 Å². The molecular weight excluding hydrogens is 903 g/mol. The number of ether oxygens (including phenoxy) is 1. The van der Waals surface area contributed by atoms with E-state index in [1.807, 2.05) is 125 Å². The molecule has 0 aromatic heterocycles. The number of carboxylic acids is 1. The molecule has 0 aromatic carbocycles. The molecule has 0 rings (SSSR count). The zero-order chi connectivity index (χ0) is 46.8. The molecule has 0 spiro atoms. The SMILES string of the molecule is C.C/C=C/C=C\CC/C=C/C(=O)Cl.C/C=C/C=C\CC/C=C/C(=O)NCC(C)C.C/C=C/C=C\CC/C=C/C(=O)O.C/C=C/C=C\CC/C=C/C(=O)OC.[2H]S(=O)(Cl)(Cl)CF.[K+].[OH-]. The van der Waals surface area contributed by atoms with Crippen molar-refractivity contribution in [2.45, 2.75) is 100 Å². The van der Waals surface area contributed by atoms with Crippen molar-refractivity contribution in [3.63, 3.8) is 0 Å². The molecule has 0 heterocycles. The predicted molar refractivity (Wildman–Crippen MR) is 264 cm³/mol. The first-order valence-electron chi connectivity index (χ1n) is 19.5. The summed E-state index contributed by atoms with van der Waals surface area (Å²) in [5.74, 6) is -0.669. The third-order valence-corrected chi connectivity index (χ3v) is 6.68. The van der Waals surface area contributed by atoms with Gasteiger partial charge < -0.3 is 20.6 Å². The van der Waals surface area contributed by atoms with Crippen LogP contribution >= 0.6 is 33.0 Å². The van der Waals surface area contributed by atoms with Gasteiger partial charge in [-0.1, -0.05) is 143 Å². The van der Waals surface area contributed by atoms with Crippen molar-refractivity contribution in [1.29, 1.82) is 1.12 Å². The van der Waals surface area contributed by atoms with E-state index in [-0.39, 0.29) is 76.2 Å². The van der Waals surface area contributed by atoms with Gasteiger partial charge in [-0.15, -0.1) is 0 Å². The number of esters is 1. The van der Waals surface area contributed by atoms with Crippen LogP contribution in [0.3, 0.4) is 0 Å². The molecular formula is C47H74Cl3FKNO8S. The van der Waals surface area contributed by atoms with E-state index in [2.05, 4.69) is 57.4 Å². The molecule has 62 heavy (non-hydrogen) atoms. The van der Waals surface area contributed by atoms with E-state index >= 15 is 0 Å². The van der Waals surface area contributed by atoms with Gasteiger partial charge in [-0.25, -0.2) is 14.0 Å². The standard InChI is InChI=1S/C14H23NO.C11H16O2.C10H13ClO.C10H14O2.CH3Cl2FOS.CH4.K.H2O/c1-4-5-6-7-8-9-10-11-14(16)15-12-13(2)3;1-3-4-5-6-7-8-9-10-11(12)13-2;2*1-2-3-4-5-6-7-8-9-10(11)12;2-6(3,5)1-4;;;/h4-7,10-11,13H,8-9,12H2,1-3H3,(H,15,16);3-6,9-10H,7-8H2,1-2H3;2-5,8-9H,6-7H2,1H3;2-5,8-9H,6-7H2,1H3,(H,11,12);6H,1H2;1H4;;1H2/q;;;;;;+1;/p-1/b5-4+,7-6-,11-10+;4-3+,6-5-,10-9+;2*3-2+,5-4-,9-8+;;;;/i;;;;6D;;;. The number of carbonyl (C=O) groups is 4. The molecule has 1 amide bonds. The van der Waals surface area contributed by atoms with Gasteiger partial charge in [-0.3, -0.25) is 13.8 Å². The van der Waals surface area contributed by atoms with E-state index < -0.39 is 25.5 Å². The number of carbonyl (C=O) groups excluding carboxylic acids is 3. The van der Waals surface area contributed by atoms with Crippen molar-refractivity contribution in [2.75, 3.05) is 19.7 Å². The summed E-state index contributed by atoms with van der Waals surface area (Å²) >= 11 is 5.09. The number of allylic oxidation sites excluding steroid dienone is 21. The Hall–Kier alpha value is -2.49. The molecule has 0 unspecified atom stereocenters. The molecule has 0 aromatic rings. The zero-order valence-electron chi connectivity index (χ0n) is 38.3. The summed E-state index contributed by atoms with van der Waals surface area (Å²) in [6.07, 6.45) is 51.8. The van der Waals surface area contributed by atoms with Crippen LogP contribution in [0.15, 0.2) is 146 Å². The van der Waals surface area contributed by atoms with Gasteiger partial charge in [0.15, 0.2) is 6.01 Å². The molecule has 9 nitrogen and oxygen atoms in total. The van der Waals surface area contributed by atoms with Crippen molar-refractivity contribution < 1.29 is 94.5 Å². The van der Waals surface area contributed by atoms with Gasteiger partial charge >= 0.3 is 63.3 Å². The maximum Gasteiger partial charge on any atom is 1.00 e. The first kappa shape index (κ1) is 73.9. The third-order valence-electron chi connectivity index (χ3n) is 5.80. The van der Waals surface area contributed by atoms with E-state index in [4.69, 9.17) is 17.8 Å².